The molecule has 0 N–H and O–H groups in total. The van der Waals surface area contributed by atoms with Crippen molar-refractivity contribution in [3.8, 4) is 0 Å². The lowest BCUT2D eigenvalue weighted by Gasteiger charge is -2.36. The maximum Gasteiger partial charge on any atom is 0.279 e. The fraction of sp³-hybridized carbons (Fsp3) is 0.800. The van der Waals surface area contributed by atoms with Gasteiger partial charge in [0.1, 0.15) is 12.6 Å². The maximum absolute atomic E-state index is 3.95. The average molecular weight is 169 g/mol. The minimum atomic E-state index is 0.0203. The van der Waals surface area contributed by atoms with Gasteiger partial charge in [0.2, 0.25) is 0 Å². The van der Waals surface area contributed by atoms with Gasteiger partial charge < -0.3 is 0 Å². The zero-order chi connectivity index (χ0) is 9.99. The molecule has 0 fully saturated rings. The van der Waals surface area contributed by atoms with Crippen LogP contribution >= 0.6 is 0 Å². The first-order chi connectivity index (χ1) is 5.23. The molecule has 70 valence electrons. The molecule has 0 radical (unpaired) electrons. The van der Waals surface area contributed by atoms with E-state index in [-0.39, 0.29) is 11.0 Å². The number of hydrogen-bond acceptors (Lipinski definition) is 1. The third kappa shape index (κ3) is 2.16. The molecule has 0 bridgehead atoms. The Balaban J connectivity index is 4.74. The van der Waals surface area contributed by atoms with Crippen molar-refractivity contribution in [1.29, 1.82) is 0 Å². The van der Waals surface area contributed by atoms with E-state index in [1.54, 1.807) is 13.4 Å². The largest absolute Gasteiger partial charge is 0.279 e. The van der Waals surface area contributed by atoms with Crippen LogP contribution in [0.25, 0.3) is 0 Å². The van der Waals surface area contributed by atoms with E-state index in [4.69, 9.17) is 0 Å². The van der Waals surface area contributed by atoms with E-state index in [0.29, 0.717) is 0 Å². The number of hydrogen-bond donors (Lipinski definition) is 0. The van der Waals surface area contributed by atoms with Crippen molar-refractivity contribution in [3.05, 3.63) is 0 Å². The Bertz CT molecular complexity index is 194. The van der Waals surface area contributed by atoms with Gasteiger partial charge in [-0.15, -0.1) is 0 Å². The first kappa shape index (κ1) is 11.3. The van der Waals surface area contributed by atoms with E-state index in [1.807, 2.05) is 4.58 Å². The highest BCUT2D eigenvalue weighted by Gasteiger charge is 2.38. The van der Waals surface area contributed by atoms with Crippen LogP contribution in [0, 0.1) is 5.41 Å². The van der Waals surface area contributed by atoms with Gasteiger partial charge in [-0.25, -0.2) is 4.58 Å². The van der Waals surface area contributed by atoms with Crippen LogP contribution in [0.4, 0.5) is 0 Å². The van der Waals surface area contributed by atoms with Crippen molar-refractivity contribution in [2.75, 3.05) is 7.05 Å². The molecule has 2 heteroatoms. The van der Waals surface area contributed by atoms with Crippen LogP contribution in [-0.4, -0.2) is 30.2 Å². The van der Waals surface area contributed by atoms with Gasteiger partial charge in [-0.05, 0) is 13.8 Å². The minimum Gasteiger partial charge on any atom is -0.239 e. The molecular weight excluding hydrogens is 148 g/mol. The predicted molar refractivity (Wildman–Crippen MR) is 55.3 cm³/mol. The van der Waals surface area contributed by atoms with Gasteiger partial charge in [0.15, 0.2) is 0 Å². The quantitative estimate of drug-likeness (QED) is 0.342. The van der Waals surface area contributed by atoms with Gasteiger partial charge in [-0.1, -0.05) is 25.8 Å². The van der Waals surface area contributed by atoms with Gasteiger partial charge in [-0.3, -0.25) is 0 Å². The van der Waals surface area contributed by atoms with E-state index in [9.17, 15) is 0 Å². The molecular formula is C10H21N2+. The van der Waals surface area contributed by atoms with Gasteiger partial charge in [0.05, 0.1) is 6.72 Å². The predicted octanol–water partition coefficient (Wildman–Crippen LogP) is 2.18. The number of nitrogens with zero attached hydrogens (tertiary/aromatic N) is 2. The molecule has 0 aliphatic heterocycles. The molecule has 0 amide bonds. The zero-order valence-electron chi connectivity index (χ0n) is 9.18. The van der Waals surface area contributed by atoms with Gasteiger partial charge >= 0.3 is 0 Å². The van der Waals surface area contributed by atoms with E-state index >= 15 is 0 Å². The van der Waals surface area contributed by atoms with Crippen LogP contribution in [-0.2, 0) is 0 Å². The summed E-state index contributed by atoms with van der Waals surface area (Å²) in [5, 5.41) is 0. The molecule has 12 heavy (non-hydrogen) atoms. The van der Waals surface area contributed by atoms with E-state index < -0.39 is 0 Å². The van der Waals surface area contributed by atoms with Crippen molar-refractivity contribution >= 4 is 13.1 Å². The van der Waals surface area contributed by atoms with Gasteiger partial charge in [0, 0.05) is 5.41 Å². The lowest BCUT2D eigenvalue weighted by atomic mass is 9.76. The average Bonchev–Trinajstić information content (AvgIpc) is 1.85. The molecule has 0 aromatic heterocycles. The molecule has 0 unspecified atom stereocenters. The summed E-state index contributed by atoms with van der Waals surface area (Å²) in [4.78, 5) is 3.95. The van der Waals surface area contributed by atoms with E-state index in [0.717, 1.165) is 0 Å². The number of rotatable bonds is 2. The van der Waals surface area contributed by atoms with Crippen molar-refractivity contribution in [2.45, 2.75) is 40.2 Å². The SMILES string of the molecule is C=[N+](C=NC)C(C)(C)C(C)(C)C. The molecule has 0 saturated carbocycles. The maximum atomic E-state index is 3.95. The van der Waals surface area contributed by atoms with Crippen LogP contribution < -0.4 is 0 Å². The summed E-state index contributed by atoms with van der Waals surface area (Å²) in [5.41, 5.74) is 0.211. The Hall–Kier alpha value is -0.660. The first-order valence-electron chi connectivity index (χ1n) is 4.25. The molecule has 2 nitrogen and oxygen atoms in total. The summed E-state index contributed by atoms with van der Waals surface area (Å²) in [6.45, 7) is 14.9. The number of aliphatic imine (C=N–C) groups is 1. The summed E-state index contributed by atoms with van der Waals surface area (Å²) in [6.07, 6.45) is 1.77. The second-order valence-corrected chi connectivity index (χ2v) is 4.65. The molecule has 0 aliphatic rings. The zero-order valence-corrected chi connectivity index (χ0v) is 9.18. The Morgan fingerprint density at radius 3 is 1.83 bits per heavy atom. The Morgan fingerprint density at radius 1 is 1.17 bits per heavy atom. The Labute approximate surface area is 76.0 Å². The van der Waals surface area contributed by atoms with Crippen molar-refractivity contribution in [2.24, 2.45) is 10.4 Å². The second kappa shape index (κ2) is 3.38. The highest BCUT2D eigenvalue weighted by atomic mass is 15.1. The fourth-order valence-electron chi connectivity index (χ4n) is 0.715. The van der Waals surface area contributed by atoms with Crippen LogP contribution in [0.5, 0.6) is 0 Å². The molecule has 0 aliphatic carbocycles. The minimum absolute atomic E-state index is 0.0203. The summed E-state index contributed by atoms with van der Waals surface area (Å²) >= 11 is 0. The summed E-state index contributed by atoms with van der Waals surface area (Å²) in [6, 6.07) is 0. The Morgan fingerprint density at radius 2 is 1.58 bits per heavy atom. The third-order valence-electron chi connectivity index (χ3n) is 2.81. The smallest absolute Gasteiger partial charge is 0.239 e. The second-order valence-electron chi connectivity index (χ2n) is 4.65. The first-order valence-corrected chi connectivity index (χ1v) is 4.25. The van der Waals surface area contributed by atoms with Crippen molar-refractivity contribution < 1.29 is 4.58 Å². The lowest BCUT2D eigenvalue weighted by Crippen LogP contribution is -2.46. The highest BCUT2D eigenvalue weighted by Crippen LogP contribution is 2.31. The van der Waals surface area contributed by atoms with Crippen molar-refractivity contribution in [1.82, 2.24) is 0 Å². The summed E-state index contributed by atoms with van der Waals surface area (Å²) in [5.74, 6) is 0. The van der Waals surface area contributed by atoms with Crippen LogP contribution in [0.3, 0.4) is 0 Å². The normalized spacial score (nSPS) is 13.8. The molecule has 0 aromatic carbocycles. The summed E-state index contributed by atoms with van der Waals surface area (Å²) < 4.78 is 1.91. The molecule has 0 spiro atoms. The Kier molecular flexibility index (Phi) is 3.19. The van der Waals surface area contributed by atoms with Crippen LogP contribution in [0.15, 0.2) is 4.99 Å². The van der Waals surface area contributed by atoms with Gasteiger partial charge in [-0.2, -0.15) is 0 Å². The fourth-order valence-corrected chi connectivity index (χ4v) is 0.715. The molecule has 0 heterocycles. The standard InChI is InChI=1S/C10H21N2/c1-9(2,3)10(4,5)12(7)8-11-6/h8H,7H2,1-6H3/q+1. The van der Waals surface area contributed by atoms with Crippen LogP contribution in [0.1, 0.15) is 34.6 Å². The molecule has 0 aromatic rings. The van der Waals surface area contributed by atoms with Crippen molar-refractivity contribution in [3.63, 3.8) is 0 Å². The van der Waals surface area contributed by atoms with Gasteiger partial charge in [0.25, 0.3) is 6.34 Å². The molecule has 0 rings (SSSR count). The lowest BCUT2D eigenvalue weighted by molar-refractivity contribution is -0.504. The van der Waals surface area contributed by atoms with Crippen LogP contribution in [0.2, 0.25) is 0 Å². The monoisotopic (exact) mass is 169 g/mol. The highest BCUT2D eigenvalue weighted by molar-refractivity contribution is 5.48. The molecule has 0 saturated heterocycles. The van der Waals surface area contributed by atoms with E-state index in [2.05, 4.69) is 46.3 Å². The molecule has 0 atom stereocenters. The van der Waals surface area contributed by atoms with E-state index in [1.165, 1.54) is 0 Å². The third-order valence-corrected chi connectivity index (χ3v) is 2.81. The topological polar surface area (TPSA) is 15.4 Å². The summed E-state index contributed by atoms with van der Waals surface area (Å²) in [7, 11) is 1.76.